The lowest BCUT2D eigenvalue weighted by Crippen LogP contribution is -2.08. The maximum absolute atomic E-state index is 5.23. The van der Waals surface area contributed by atoms with E-state index in [-0.39, 0.29) is 0 Å². The molecule has 10 heavy (non-hydrogen) atoms. The number of rotatable bonds is 5. The van der Waals surface area contributed by atoms with Gasteiger partial charge in [-0.25, -0.2) is 0 Å². The molecule has 0 aliphatic rings. The summed E-state index contributed by atoms with van der Waals surface area (Å²) in [6.07, 6.45) is 5.05. The zero-order chi connectivity index (χ0) is 8.04. The smallest absolute Gasteiger partial charge is 0.156 e. The highest BCUT2D eigenvalue weighted by Gasteiger charge is 2.30. The average Bonchev–Trinajstić information content (AvgIpc) is 2.01. The molecule has 0 aromatic carbocycles. The van der Waals surface area contributed by atoms with Gasteiger partial charge in [0.15, 0.2) is 6.35 Å². The van der Waals surface area contributed by atoms with Crippen molar-refractivity contribution in [2.24, 2.45) is 0 Å². The first-order valence-corrected chi connectivity index (χ1v) is 6.61. The zero-order valence-corrected chi connectivity index (χ0v) is 8.58. The number of methoxy groups -OCH3 is 1. The van der Waals surface area contributed by atoms with Crippen LogP contribution in [-0.2, 0) is 4.74 Å². The highest BCUT2D eigenvalue weighted by atomic mass is 31.2. The fourth-order valence-electron chi connectivity index (χ4n) is 1.22. The monoisotopic (exact) mass is 163 g/mol. The van der Waals surface area contributed by atoms with E-state index in [1.807, 2.05) is 7.11 Å². The minimum atomic E-state index is -0.661. The van der Waals surface area contributed by atoms with E-state index in [4.69, 9.17) is 4.74 Å². The van der Waals surface area contributed by atoms with E-state index in [0.717, 1.165) is 6.35 Å². The highest BCUT2D eigenvalue weighted by Crippen LogP contribution is 2.57. The first kappa shape index (κ1) is 10.4. The third-order valence-electron chi connectivity index (χ3n) is 2.42. The molecular formula is C8H20OP+. The summed E-state index contributed by atoms with van der Waals surface area (Å²) in [6.45, 7) is 6.87. The van der Waals surface area contributed by atoms with E-state index in [1.165, 1.54) is 18.5 Å². The molecule has 0 atom stereocenters. The second-order valence-electron chi connectivity index (χ2n) is 2.71. The van der Waals surface area contributed by atoms with Crippen LogP contribution in [0.1, 0.15) is 20.8 Å². The molecule has 0 aliphatic heterocycles. The van der Waals surface area contributed by atoms with Crippen molar-refractivity contribution in [2.45, 2.75) is 20.8 Å². The molecule has 2 heteroatoms. The minimum Gasteiger partial charge on any atom is -0.350 e. The van der Waals surface area contributed by atoms with Gasteiger partial charge in [-0.15, -0.1) is 0 Å². The van der Waals surface area contributed by atoms with Crippen LogP contribution in [-0.4, -0.2) is 31.9 Å². The van der Waals surface area contributed by atoms with Gasteiger partial charge in [0.1, 0.15) is 0 Å². The summed E-state index contributed by atoms with van der Waals surface area (Å²) in [5.41, 5.74) is 0. The first-order chi connectivity index (χ1) is 4.74. The molecule has 0 spiro atoms. The lowest BCUT2D eigenvalue weighted by Gasteiger charge is -2.21. The lowest BCUT2D eigenvalue weighted by atomic mass is 10.9. The van der Waals surface area contributed by atoms with Crippen LogP contribution in [0.3, 0.4) is 0 Å². The normalized spacial score (nSPS) is 12.0. The van der Waals surface area contributed by atoms with Crippen LogP contribution in [0.4, 0.5) is 0 Å². The van der Waals surface area contributed by atoms with E-state index >= 15 is 0 Å². The topological polar surface area (TPSA) is 9.23 Å². The Kier molecular flexibility index (Phi) is 5.29. The number of ether oxygens (including phenoxy) is 1. The number of hydrogen-bond acceptors (Lipinski definition) is 1. The fraction of sp³-hybridized carbons (Fsp3) is 1.00. The van der Waals surface area contributed by atoms with Crippen LogP contribution < -0.4 is 0 Å². The Hall–Kier alpha value is 0.390. The molecule has 0 saturated heterocycles. The van der Waals surface area contributed by atoms with Crippen molar-refractivity contribution >= 4 is 7.26 Å². The molecule has 0 N–H and O–H groups in total. The quantitative estimate of drug-likeness (QED) is 0.566. The summed E-state index contributed by atoms with van der Waals surface area (Å²) >= 11 is 0. The van der Waals surface area contributed by atoms with Crippen molar-refractivity contribution in [2.75, 3.05) is 31.9 Å². The third kappa shape index (κ3) is 2.56. The average molecular weight is 163 g/mol. The van der Waals surface area contributed by atoms with Gasteiger partial charge in [-0.2, -0.15) is 0 Å². The van der Waals surface area contributed by atoms with Gasteiger partial charge in [0.05, 0.1) is 18.5 Å². The SMILES string of the molecule is CC[P+](CC)(CC)COC. The van der Waals surface area contributed by atoms with E-state index in [0.29, 0.717) is 0 Å². The predicted molar refractivity (Wildman–Crippen MR) is 50.4 cm³/mol. The van der Waals surface area contributed by atoms with Crippen LogP contribution in [0.5, 0.6) is 0 Å². The Balaban J connectivity index is 3.87. The van der Waals surface area contributed by atoms with Gasteiger partial charge in [-0.3, -0.25) is 0 Å². The molecule has 0 saturated carbocycles. The summed E-state index contributed by atoms with van der Waals surface area (Å²) in [6, 6.07) is 0. The van der Waals surface area contributed by atoms with Crippen molar-refractivity contribution in [3.8, 4) is 0 Å². The maximum atomic E-state index is 5.23. The van der Waals surface area contributed by atoms with Gasteiger partial charge < -0.3 is 4.74 Å². The van der Waals surface area contributed by atoms with Gasteiger partial charge in [0.25, 0.3) is 0 Å². The van der Waals surface area contributed by atoms with Crippen molar-refractivity contribution in [3.63, 3.8) is 0 Å². The van der Waals surface area contributed by atoms with Crippen LogP contribution in [0.2, 0.25) is 0 Å². The van der Waals surface area contributed by atoms with Crippen molar-refractivity contribution in [3.05, 3.63) is 0 Å². The van der Waals surface area contributed by atoms with Crippen molar-refractivity contribution in [1.82, 2.24) is 0 Å². The predicted octanol–water partition coefficient (Wildman–Crippen LogP) is 2.67. The van der Waals surface area contributed by atoms with E-state index in [1.54, 1.807) is 0 Å². The zero-order valence-electron chi connectivity index (χ0n) is 7.68. The van der Waals surface area contributed by atoms with Gasteiger partial charge in [0, 0.05) is 14.4 Å². The molecule has 1 nitrogen and oxygen atoms in total. The number of hydrogen-bond donors (Lipinski definition) is 0. The Morgan fingerprint density at radius 2 is 1.40 bits per heavy atom. The fourth-order valence-corrected chi connectivity index (χ4v) is 3.66. The molecule has 0 radical (unpaired) electrons. The van der Waals surface area contributed by atoms with E-state index in [2.05, 4.69) is 20.8 Å². The standard InChI is InChI=1S/C8H20OP/c1-5-10(6-2,7-3)8-9-4/h5-8H2,1-4H3/q+1. The molecular weight excluding hydrogens is 143 g/mol. The molecule has 0 fully saturated rings. The molecule has 0 aliphatic carbocycles. The third-order valence-corrected chi connectivity index (χ3v) is 7.25. The highest BCUT2D eigenvalue weighted by molar-refractivity contribution is 7.75. The van der Waals surface area contributed by atoms with Crippen LogP contribution in [0, 0.1) is 0 Å². The molecule has 0 rings (SSSR count). The molecule has 0 amide bonds. The van der Waals surface area contributed by atoms with Gasteiger partial charge in [0.2, 0.25) is 0 Å². The molecule has 0 heterocycles. The minimum absolute atomic E-state index is 0.661. The lowest BCUT2D eigenvalue weighted by molar-refractivity contribution is 0.252. The van der Waals surface area contributed by atoms with E-state index in [9.17, 15) is 0 Å². The second kappa shape index (κ2) is 5.09. The summed E-state index contributed by atoms with van der Waals surface area (Å²) in [5, 5.41) is 0. The van der Waals surface area contributed by atoms with E-state index < -0.39 is 7.26 Å². The molecule has 0 aromatic rings. The van der Waals surface area contributed by atoms with Crippen LogP contribution in [0.15, 0.2) is 0 Å². The Labute approximate surface area is 65.5 Å². The Bertz CT molecular complexity index is 71.1. The molecule has 0 bridgehead atoms. The largest absolute Gasteiger partial charge is 0.350 e. The van der Waals surface area contributed by atoms with Gasteiger partial charge in [-0.05, 0) is 20.8 Å². The second-order valence-corrected chi connectivity index (χ2v) is 7.55. The maximum Gasteiger partial charge on any atom is 0.156 e. The van der Waals surface area contributed by atoms with Crippen molar-refractivity contribution < 1.29 is 4.74 Å². The molecule has 62 valence electrons. The molecule has 0 unspecified atom stereocenters. The van der Waals surface area contributed by atoms with Gasteiger partial charge >= 0.3 is 0 Å². The Morgan fingerprint density at radius 1 is 1.00 bits per heavy atom. The first-order valence-electron chi connectivity index (χ1n) is 4.08. The van der Waals surface area contributed by atoms with Gasteiger partial charge in [-0.1, -0.05) is 0 Å². The van der Waals surface area contributed by atoms with Crippen molar-refractivity contribution in [1.29, 1.82) is 0 Å². The Morgan fingerprint density at radius 3 is 1.50 bits per heavy atom. The summed E-state index contributed by atoms with van der Waals surface area (Å²) in [4.78, 5) is 0. The van der Waals surface area contributed by atoms with Crippen LogP contribution in [0.25, 0.3) is 0 Å². The van der Waals surface area contributed by atoms with Crippen LogP contribution >= 0.6 is 7.26 Å². The summed E-state index contributed by atoms with van der Waals surface area (Å²) in [7, 11) is 1.15. The summed E-state index contributed by atoms with van der Waals surface area (Å²) < 4.78 is 5.23. The summed E-state index contributed by atoms with van der Waals surface area (Å²) in [5.74, 6) is 0. The molecule has 0 aromatic heterocycles.